The van der Waals surface area contributed by atoms with E-state index in [-0.39, 0.29) is 34.4 Å². The molecule has 0 radical (unpaired) electrons. The van der Waals surface area contributed by atoms with Crippen molar-refractivity contribution in [1.29, 1.82) is 0 Å². The molecule has 0 saturated heterocycles. The van der Waals surface area contributed by atoms with Crippen LogP contribution in [0.5, 0.6) is 23.0 Å². The number of halogens is 3. The van der Waals surface area contributed by atoms with Crippen molar-refractivity contribution in [2.24, 2.45) is 0 Å². The van der Waals surface area contributed by atoms with Gasteiger partial charge in [-0.25, -0.2) is 0 Å². The molecular weight excluding hydrogens is 431 g/mol. The average molecular weight is 449 g/mol. The van der Waals surface area contributed by atoms with Gasteiger partial charge in [-0.15, -0.1) is 0 Å². The molecule has 31 heavy (non-hydrogen) atoms. The molecule has 0 saturated carbocycles. The van der Waals surface area contributed by atoms with Crippen LogP contribution in [0, 0.1) is 0 Å². The molecule has 162 valence electrons. The highest BCUT2D eigenvalue weighted by molar-refractivity contribution is 7.99. The third-order valence-corrected chi connectivity index (χ3v) is 5.99. The van der Waals surface area contributed by atoms with Crippen LogP contribution in [0.4, 0.5) is 30.2 Å². The van der Waals surface area contributed by atoms with E-state index in [9.17, 15) is 18.3 Å². The molecule has 4 rings (SSSR count). The van der Waals surface area contributed by atoms with E-state index in [0.717, 1.165) is 17.0 Å². The summed E-state index contributed by atoms with van der Waals surface area (Å²) in [6.07, 6.45) is -4.52. The standard InChI is InChI=1S/C22H18F3NO4S/c1-28-16-11-15(27)19(21(30-3)20(16)29-2)26-13-6-4-5-7-17(13)31-18-9-8-12(10-14(18)26)22(23,24)25/h4-11,27H,1-3H3. The zero-order valence-corrected chi connectivity index (χ0v) is 17.6. The van der Waals surface area contributed by atoms with Crippen molar-refractivity contribution in [2.45, 2.75) is 16.0 Å². The van der Waals surface area contributed by atoms with Crippen LogP contribution in [0.2, 0.25) is 0 Å². The van der Waals surface area contributed by atoms with E-state index in [0.29, 0.717) is 10.6 Å². The maximum absolute atomic E-state index is 13.5. The van der Waals surface area contributed by atoms with Crippen molar-refractivity contribution in [2.75, 3.05) is 26.2 Å². The van der Waals surface area contributed by atoms with Gasteiger partial charge in [0, 0.05) is 15.9 Å². The number of alkyl halides is 3. The molecule has 1 aliphatic heterocycles. The van der Waals surface area contributed by atoms with Crippen LogP contribution in [-0.2, 0) is 6.18 Å². The van der Waals surface area contributed by atoms with Gasteiger partial charge in [0.2, 0.25) is 5.75 Å². The van der Waals surface area contributed by atoms with Crippen LogP contribution in [0.15, 0.2) is 58.3 Å². The summed E-state index contributed by atoms with van der Waals surface area (Å²) in [6, 6.07) is 12.1. The number of fused-ring (bicyclic) bond motifs is 2. The Hall–Kier alpha value is -3.20. The molecule has 0 aromatic heterocycles. The summed E-state index contributed by atoms with van der Waals surface area (Å²) in [7, 11) is 4.21. The van der Waals surface area contributed by atoms with Gasteiger partial charge in [-0.05, 0) is 30.3 Å². The molecule has 1 heterocycles. The highest BCUT2D eigenvalue weighted by atomic mass is 32.2. The monoisotopic (exact) mass is 449 g/mol. The van der Waals surface area contributed by atoms with E-state index in [4.69, 9.17) is 14.2 Å². The molecule has 1 N–H and O–H groups in total. The van der Waals surface area contributed by atoms with Crippen molar-refractivity contribution in [1.82, 2.24) is 0 Å². The predicted octanol–water partition coefficient (Wildman–Crippen LogP) is 6.37. The van der Waals surface area contributed by atoms with Crippen molar-refractivity contribution >= 4 is 28.8 Å². The second-order valence-corrected chi connectivity index (χ2v) is 7.68. The van der Waals surface area contributed by atoms with Crippen LogP contribution in [0.25, 0.3) is 0 Å². The van der Waals surface area contributed by atoms with Gasteiger partial charge in [-0.3, -0.25) is 0 Å². The Morgan fingerprint density at radius 2 is 1.52 bits per heavy atom. The minimum Gasteiger partial charge on any atom is -0.505 e. The summed E-state index contributed by atoms with van der Waals surface area (Å²) in [5.41, 5.74) is 0.211. The summed E-state index contributed by atoms with van der Waals surface area (Å²) < 4.78 is 56.7. The number of aromatic hydroxyl groups is 1. The smallest absolute Gasteiger partial charge is 0.416 e. The molecule has 5 nitrogen and oxygen atoms in total. The number of phenols is 1. The number of benzene rings is 3. The zero-order chi connectivity index (χ0) is 22.3. The van der Waals surface area contributed by atoms with E-state index < -0.39 is 11.7 Å². The largest absolute Gasteiger partial charge is 0.505 e. The first-order valence-corrected chi connectivity index (χ1v) is 9.92. The maximum atomic E-state index is 13.5. The van der Waals surface area contributed by atoms with Crippen LogP contribution in [0.1, 0.15) is 5.56 Å². The van der Waals surface area contributed by atoms with Gasteiger partial charge < -0.3 is 24.2 Å². The minimum absolute atomic E-state index is 0.129. The van der Waals surface area contributed by atoms with Gasteiger partial charge in [0.15, 0.2) is 11.5 Å². The molecule has 0 amide bonds. The normalized spacial score (nSPS) is 12.8. The first kappa shape index (κ1) is 21.0. The van der Waals surface area contributed by atoms with E-state index in [1.165, 1.54) is 45.2 Å². The third-order valence-electron chi connectivity index (χ3n) is 4.86. The Morgan fingerprint density at radius 1 is 0.839 bits per heavy atom. The lowest BCUT2D eigenvalue weighted by Crippen LogP contribution is -2.17. The molecule has 1 aliphatic rings. The summed E-state index contributed by atoms with van der Waals surface area (Å²) in [6.45, 7) is 0. The SMILES string of the molecule is COc1cc(O)c(N2c3ccccc3Sc3ccc(C(F)(F)F)cc32)c(OC)c1OC. The Bertz CT molecular complexity index is 1150. The lowest BCUT2D eigenvalue weighted by molar-refractivity contribution is -0.137. The Balaban J connectivity index is 2.06. The number of rotatable bonds is 4. The molecule has 3 aromatic carbocycles. The Morgan fingerprint density at radius 3 is 2.16 bits per heavy atom. The second-order valence-electron chi connectivity index (χ2n) is 6.60. The molecule has 0 spiro atoms. The first-order valence-electron chi connectivity index (χ1n) is 9.10. The van der Waals surface area contributed by atoms with Crippen LogP contribution in [0.3, 0.4) is 0 Å². The van der Waals surface area contributed by atoms with E-state index in [2.05, 4.69) is 0 Å². The van der Waals surface area contributed by atoms with Crippen molar-refractivity contribution in [3.05, 3.63) is 54.1 Å². The van der Waals surface area contributed by atoms with E-state index in [1.54, 1.807) is 17.0 Å². The van der Waals surface area contributed by atoms with Gasteiger partial charge in [0.1, 0.15) is 11.4 Å². The summed E-state index contributed by atoms with van der Waals surface area (Å²) in [5.74, 6) is 0.329. The second kappa shape index (κ2) is 7.81. The Kier molecular flexibility index (Phi) is 5.30. The lowest BCUT2D eigenvalue weighted by atomic mass is 10.1. The first-order chi connectivity index (χ1) is 14.8. The van der Waals surface area contributed by atoms with Crippen LogP contribution < -0.4 is 19.1 Å². The fourth-order valence-electron chi connectivity index (χ4n) is 3.52. The molecule has 0 unspecified atom stereocenters. The highest BCUT2D eigenvalue weighted by Gasteiger charge is 2.36. The third kappa shape index (κ3) is 3.48. The molecule has 0 aliphatic carbocycles. The van der Waals surface area contributed by atoms with Gasteiger partial charge in [0.25, 0.3) is 0 Å². The molecule has 0 fully saturated rings. The lowest BCUT2D eigenvalue weighted by Gasteiger charge is -2.34. The molecular formula is C22H18F3NO4S. The number of para-hydroxylation sites is 1. The number of nitrogens with zero attached hydrogens (tertiary/aromatic N) is 1. The van der Waals surface area contributed by atoms with Crippen molar-refractivity contribution < 1.29 is 32.5 Å². The number of hydrogen-bond donors (Lipinski definition) is 1. The van der Waals surface area contributed by atoms with Gasteiger partial charge in [0.05, 0.1) is 38.3 Å². The summed E-state index contributed by atoms with van der Waals surface area (Å²) in [4.78, 5) is 2.96. The highest BCUT2D eigenvalue weighted by Crippen LogP contribution is 2.59. The molecule has 0 atom stereocenters. The minimum atomic E-state index is -4.52. The molecule has 3 aromatic rings. The average Bonchev–Trinajstić information content (AvgIpc) is 2.75. The van der Waals surface area contributed by atoms with Crippen LogP contribution >= 0.6 is 11.8 Å². The zero-order valence-electron chi connectivity index (χ0n) is 16.8. The topological polar surface area (TPSA) is 51.2 Å². The fraction of sp³-hybridized carbons (Fsp3) is 0.182. The quantitative estimate of drug-likeness (QED) is 0.391. The van der Waals surface area contributed by atoms with Gasteiger partial charge >= 0.3 is 6.18 Å². The van der Waals surface area contributed by atoms with Crippen LogP contribution in [-0.4, -0.2) is 26.4 Å². The number of phenolic OH excluding ortho intramolecular Hbond substituents is 1. The van der Waals surface area contributed by atoms with E-state index >= 15 is 0 Å². The molecule has 0 bridgehead atoms. The van der Waals surface area contributed by atoms with Gasteiger partial charge in [-0.2, -0.15) is 13.2 Å². The number of hydrogen-bond acceptors (Lipinski definition) is 6. The number of anilines is 3. The summed E-state index contributed by atoms with van der Waals surface area (Å²) in [5, 5.41) is 10.9. The fourth-order valence-corrected chi connectivity index (χ4v) is 4.55. The number of methoxy groups -OCH3 is 3. The van der Waals surface area contributed by atoms with Gasteiger partial charge in [-0.1, -0.05) is 23.9 Å². The Labute approximate surface area is 181 Å². The van der Waals surface area contributed by atoms with E-state index in [1.807, 2.05) is 12.1 Å². The van der Waals surface area contributed by atoms with Crippen molar-refractivity contribution in [3.63, 3.8) is 0 Å². The molecule has 9 heteroatoms. The maximum Gasteiger partial charge on any atom is 0.416 e. The predicted molar refractivity (Wildman–Crippen MR) is 112 cm³/mol. The number of ether oxygens (including phenoxy) is 3. The van der Waals surface area contributed by atoms with Crippen molar-refractivity contribution in [3.8, 4) is 23.0 Å². The summed E-state index contributed by atoms with van der Waals surface area (Å²) >= 11 is 1.35.